The Bertz CT molecular complexity index is 669. The highest BCUT2D eigenvalue weighted by Crippen LogP contribution is 2.25. The molecule has 24 heavy (non-hydrogen) atoms. The van der Waals surface area contributed by atoms with Gasteiger partial charge < -0.3 is 9.72 Å². The number of hydrogen-bond donors (Lipinski definition) is 1. The minimum Gasteiger partial charge on any atom is -0.466 e. The first kappa shape index (κ1) is 17.0. The van der Waals surface area contributed by atoms with Crippen LogP contribution >= 0.6 is 0 Å². The summed E-state index contributed by atoms with van der Waals surface area (Å²) >= 11 is 0. The Morgan fingerprint density at radius 2 is 1.96 bits per heavy atom. The summed E-state index contributed by atoms with van der Waals surface area (Å²) in [6.07, 6.45) is 10.9. The molecule has 1 aromatic carbocycles. The van der Waals surface area contributed by atoms with E-state index in [1.54, 1.807) is 0 Å². The van der Waals surface area contributed by atoms with Crippen molar-refractivity contribution in [2.45, 2.75) is 64.7 Å². The summed E-state index contributed by atoms with van der Waals surface area (Å²) in [5, 5.41) is 0. The van der Waals surface area contributed by atoms with Crippen LogP contribution in [0.3, 0.4) is 0 Å². The van der Waals surface area contributed by atoms with Gasteiger partial charge in [0.25, 0.3) is 0 Å². The molecular weight excluding hydrogens is 300 g/mol. The van der Waals surface area contributed by atoms with Gasteiger partial charge in [0.15, 0.2) is 0 Å². The van der Waals surface area contributed by atoms with E-state index in [1.165, 1.54) is 44.9 Å². The van der Waals surface area contributed by atoms with E-state index >= 15 is 0 Å². The van der Waals surface area contributed by atoms with Gasteiger partial charge in [-0.15, -0.1) is 0 Å². The van der Waals surface area contributed by atoms with Gasteiger partial charge in [0.1, 0.15) is 5.82 Å². The zero-order valence-corrected chi connectivity index (χ0v) is 14.6. The molecule has 130 valence electrons. The van der Waals surface area contributed by atoms with Crippen molar-refractivity contribution >= 4 is 17.0 Å². The lowest BCUT2D eigenvalue weighted by Gasteiger charge is -2.18. The summed E-state index contributed by atoms with van der Waals surface area (Å²) in [5.41, 5.74) is 2.99. The van der Waals surface area contributed by atoms with Gasteiger partial charge in [-0.1, -0.05) is 51.0 Å². The summed E-state index contributed by atoms with van der Waals surface area (Å²) in [4.78, 5) is 19.8. The molecular formula is C20H28N2O2. The molecule has 2 aromatic rings. The SMILES string of the molecule is CCOC(=O)Cc1ccc2nc(CC3CCCCCCC3)[nH]c2c1. The molecule has 0 atom stereocenters. The van der Waals surface area contributed by atoms with E-state index in [2.05, 4.69) is 4.98 Å². The van der Waals surface area contributed by atoms with E-state index in [-0.39, 0.29) is 5.97 Å². The van der Waals surface area contributed by atoms with E-state index in [0.29, 0.717) is 13.0 Å². The number of hydrogen-bond acceptors (Lipinski definition) is 3. The Morgan fingerprint density at radius 1 is 1.21 bits per heavy atom. The largest absolute Gasteiger partial charge is 0.466 e. The zero-order valence-electron chi connectivity index (χ0n) is 14.6. The van der Waals surface area contributed by atoms with E-state index in [1.807, 2.05) is 25.1 Å². The Balaban J connectivity index is 1.67. The van der Waals surface area contributed by atoms with Gasteiger partial charge in [-0.3, -0.25) is 4.79 Å². The van der Waals surface area contributed by atoms with Crippen LogP contribution in [0.4, 0.5) is 0 Å². The standard InChI is InChI=1S/C20H28N2O2/c1-2-24-20(23)14-16-10-11-17-18(12-16)22-19(21-17)13-15-8-6-4-3-5-7-9-15/h10-12,15H,2-9,13-14H2,1H3,(H,21,22). The van der Waals surface area contributed by atoms with Crippen molar-refractivity contribution in [3.8, 4) is 0 Å². The predicted molar refractivity (Wildman–Crippen MR) is 95.9 cm³/mol. The Morgan fingerprint density at radius 3 is 2.71 bits per heavy atom. The maximum Gasteiger partial charge on any atom is 0.310 e. The number of rotatable bonds is 5. The van der Waals surface area contributed by atoms with Crippen LogP contribution in [0, 0.1) is 5.92 Å². The number of carbonyl (C=O) groups excluding carboxylic acids is 1. The number of aromatic amines is 1. The normalized spacial score (nSPS) is 16.7. The van der Waals surface area contributed by atoms with Gasteiger partial charge in [0.05, 0.1) is 24.1 Å². The fourth-order valence-corrected chi connectivity index (χ4v) is 3.71. The van der Waals surface area contributed by atoms with Crippen LogP contribution in [-0.4, -0.2) is 22.5 Å². The first-order valence-corrected chi connectivity index (χ1v) is 9.37. The third kappa shape index (κ3) is 4.59. The number of ether oxygens (including phenoxy) is 1. The van der Waals surface area contributed by atoms with Gasteiger partial charge in [-0.05, 0) is 30.5 Å². The molecule has 1 saturated carbocycles. The number of esters is 1. The van der Waals surface area contributed by atoms with Gasteiger partial charge in [0, 0.05) is 6.42 Å². The lowest BCUT2D eigenvalue weighted by molar-refractivity contribution is -0.142. The maximum absolute atomic E-state index is 11.6. The number of aromatic nitrogens is 2. The van der Waals surface area contributed by atoms with Crippen molar-refractivity contribution in [1.29, 1.82) is 0 Å². The molecule has 1 N–H and O–H groups in total. The summed E-state index contributed by atoms with van der Waals surface area (Å²) in [7, 11) is 0. The summed E-state index contributed by atoms with van der Waals surface area (Å²) in [6, 6.07) is 6.00. The Labute approximate surface area is 144 Å². The minimum absolute atomic E-state index is 0.175. The van der Waals surface area contributed by atoms with E-state index in [9.17, 15) is 4.79 Å². The van der Waals surface area contributed by atoms with Crippen LogP contribution in [0.5, 0.6) is 0 Å². The molecule has 0 spiro atoms. The lowest BCUT2D eigenvalue weighted by Crippen LogP contribution is -2.08. The number of carbonyl (C=O) groups is 1. The number of benzene rings is 1. The molecule has 3 rings (SSSR count). The van der Waals surface area contributed by atoms with Crippen molar-refractivity contribution in [1.82, 2.24) is 9.97 Å². The molecule has 1 heterocycles. The monoisotopic (exact) mass is 328 g/mol. The quantitative estimate of drug-likeness (QED) is 0.818. The summed E-state index contributed by atoms with van der Waals surface area (Å²) < 4.78 is 5.02. The molecule has 1 fully saturated rings. The molecule has 0 unspecified atom stereocenters. The maximum atomic E-state index is 11.6. The Hall–Kier alpha value is -1.84. The molecule has 4 nitrogen and oxygen atoms in total. The summed E-state index contributed by atoms with van der Waals surface area (Å²) in [6.45, 7) is 2.26. The number of fused-ring (bicyclic) bond motifs is 1. The second-order valence-electron chi connectivity index (χ2n) is 6.93. The molecule has 0 radical (unpaired) electrons. The highest BCUT2D eigenvalue weighted by Gasteiger charge is 2.15. The average molecular weight is 328 g/mol. The number of nitrogens with one attached hydrogen (secondary N) is 1. The molecule has 0 saturated heterocycles. The van der Waals surface area contributed by atoms with Crippen molar-refractivity contribution in [2.24, 2.45) is 5.92 Å². The Kier molecular flexibility index (Phi) is 5.89. The molecule has 0 aliphatic heterocycles. The van der Waals surface area contributed by atoms with Crippen LogP contribution in [0.1, 0.15) is 63.3 Å². The molecule has 1 aliphatic rings. The van der Waals surface area contributed by atoms with Gasteiger partial charge in [-0.2, -0.15) is 0 Å². The second kappa shape index (κ2) is 8.32. The van der Waals surface area contributed by atoms with Gasteiger partial charge in [0.2, 0.25) is 0 Å². The third-order valence-corrected chi connectivity index (χ3v) is 4.96. The van der Waals surface area contributed by atoms with Crippen LogP contribution in [0.2, 0.25) is 0 Å². The van der Waals surface area contributed by atoms with Gasteiger partial charge >= 0.3 is 5.97 Å². The molecule has 0 bridgehead atoms. The van der Waals surface area contributed by atoms with E-state index in [4.69, 9.17) is 9.72 Å². The number of imidazole rings is 1. The fourth-order valence-electron chi connectivity index (χ4n) is 3.71. The minimum atomic E-state index is -0.175. The molecule has 1 aromatic heterocycles. The van der Waals surface area contributed by atoms with Crippen molar-refractivity contribution in [2.75, 3.05) is 6.61 Å². The molecule has 4 heteroatoms. The third-order valence-electron chi connectivity index (χ3n) is 4.96. The first-order chi connectivity index (χ1) is 11.7. The first-order valence-electron chi connectivity index (χ1n) is 9.37. The smallest absolute Gasteiger partial charge is 0.310 e. The van der Waals surface area contributed by atoms with E-state index < -0.39 is 0 Å². The lowest BCUT2D eigenvalue weighted by atomic mass is 9.89. The zero-order chi connectivity index (χ0) is 16.8. The second-order valence-corrected chi connectivity index (χ2v) is 6.93. The topological polar surface area (TPSA) is 55.0 Å². The van der Waals surface area contributed by atoms with Crippen molar-refractivity contribution in [3.05, 3.63) is 29.6 Å². The van der Waals surface area contributed by atoms with Crippen molar-refractivity contribution in [3.63, 3.8) is 0 Å². The van der Waals surface area contributed by atoms with E-state index in [0.717, 1.165) is 34.8 Å². The highest BCUT2D eigenvalue weighted by molar-refractivity contribution is 5.79. The van der Waals surface area contributed by atoms with Crippen molar-refractivity contribution < 1.29 is 9.53 Å². The van der Waals surface area contributed by atoms with Crippen LogP contribution in [-0.2, 0) is 22.4 Å². The predicted octanol–water partition coefficient (Wildman–Crippen LogP) is 4.57. The number of nitrogens with zero attached hydrogens (tertiary/aromatic N) is 1. The van der Waals surface area contributed by atoms with Crippen LogP contribution in [0.15, 0.2) is 18.2 Å². The van der Waals surface area contributed by atoms with Crippen LogP contribution < -0.4 is 0 Å². The van der Waals surface area contributed by atoms with Crippen LogP contribution in [0.25, 0.3) is 11.0 Å². The summed E-state index contributed by atoms with van der Waals surface area (Å²) in [5.74, 6) is 1.67. The molecule has 1 aliphatic carbocycles. The fraction of sp³-hybridized carbons (Fsp3) is 0.600. The highest BCUT2D eigenvalue weighted by atomic mass is 16.5. The average Bonchev–Trinajstić information content (AvgIpc) is 2.91. The molecule has 0 amide bonds. The number of H-pyrrole nitrogens is 1. The van der Waals surface area contributed by atoms with Gasteiger partial charge in [-0.25, -0.2) is 4.98 Å².